The maximum Gasteiger partial charge on any atom is 0.242 e. The molecule has 0 aromatic heterocycles. The lowest BCUT2D eigenvalue weighted by Crippen LogP contribution is -2.30. The predicted octanol–water partition coefficient (Wildman–Crippen LogP) is 7.82. The lowest BCUT2D eigenvalue weighted by atomic mass is 9.83. The highest BCUT2D eigenvalue weighted by molar-refractivity contribution is 7.89. The van der Waals surface area contributed by atoms with Gasteiger partial charge < -0.3 is 0 Å². The molecule has 3 aromatic carbocycles. The van der Waals surface area contributed by atoms with Crippen molar-refractivity contribution in [1.29, 1.82) is 0 Å². The van der Waals surface area contributed by atoms with Gasteiger partial charge in [0.25, 0.3) is 0 Å². The fraction of sp³-hybridized carbons (Fsp3) is 0.182. The van der Waals surface area contributed by atoms with Crippen LogP contribution in [0.15, 0.2) is 65.6 Å². The van der Waals surface area contributed by atoms with Crippen LogP contribution in [0.5, 0.6) is 0 Å². The molecule has 0 bridgehead atoms. The van der Waals surface area contributed by atoms with E-state index in [2.05, 4.69) is 4.72 Å². The minimum absolute atomic E-state index is 0.00464. The van der Waals surface area contributed by atoms with Gasteiger partial charge in [-0.3, -0.25) is 0 Å². The van der Waals surface area contributed by atoms with Crippen LogP contribution in [0, 0.1) is 0 Å². The van der Waals surface area contributed by atoms with Crippen LogP contribution in [0.1, 0.15) is 29.9 Å². The monoisotopic (exact) mass is 535 g/mol. The topological polar surface area (TPSA) is 46.2 Å². The highest BCUT2D eigenvalue weighted by Gasteiger charge is 2.26. The summed E-state index contributed by atoms with van der Waals surface area (Å²) < 4.78 is 28.6. The van der Waals surface area contributed by atoms with Crippen LogP contribution in [-0.4, -0.2) is 15.0 Å². The summed E-state index contributed by atoms with van der Waals surface area (Å²) in [5, 5.41) is 1.30. The van der Waals surface area contributed by atoms with Gasteiger partial charge in [-0.25, -0.2) is 13.1 Å². The molecule has 0 saturated heterocycles. The van der Waals surface area contributed by atoms with Crippen LogP contribution in [0.2, 0.25) is 25.1 Å². The smallest absolute Gasteiger partial charge is 0.210 e. The van der Waals surface area contributed by atoms with E-state index >= 15 is 0 Å². The Morgan fingerprint density at radius 3 is 1.81 bits per heavy atom. The van der Waals surface area contributed by atoms with Crippen LogP contribution in [-0.2, 0) is 10.0 Å². The third kappa shape index (κ3) is 5.88. The van der Waals surface area contributed by atoms with Gasteiger partial charge in [0.15, 0.2) is 0 Å². The van der Waals surface area contributed by atoms with Crippen molar-refractivity contribution in [2.75, 3.05) is 6.54 Å². The molecule has 0 heterocycles. The maximum absolute atomic E-state index is 13.0. The Bertz CT molecular complexity index is 1170. The van der Waals surface area contributed by atoms with E-state index < -0.39 is 10.0 Å². The molecule has 0 aliphatic rings. The molecule has 3 rings (SSSR count). The van der Waals surface area contributed by atoms with E-state index in [-0.39, 0.29) is 38.3 Å². The van der Waals surface area contributed by atoms with E-state index in [4.69, 9.17) is 58.0 Å². The van der Waals surface area contributed by atoms with E-state index in [0.29, 0.717) is 10.0 Å². The first kappa shape index (κ1) is 24.7. The van der Waals surface area contributed by atoms with E-state index in [9.17, 15) is 8.42 Å². The van der Waals surface area contributed by atoms with E-state index in [1.807, 2.05) is 43.3 Å². The summed E-state index contributed by atoms with van der Waals surface area (Å²) in [4.78, 5) is -0.127. The van der Waals surface area contributed by atoms with Gasteiger partial charge >= 0.3 is 0 Å². The second-order valence-electron chi connectivity index (χ2n) is 7.02. The van der Waals surface area contributed by atoms with Gasteiger partial charge in [0.05, 0.1) is 15.1 Å². The van der Waals surface area contributed by atoms with Crippen molar-refractivity contribution in [2.45, 2.75) is 23.7 Å². The molecule has 0 amide bonds. The SMILES string of the molecule is CC(c1ccc(Cl)cc1)C(CNS(=O)(=O)c1ccc(Cl)c(Cl)c1Cl)c1ccc(Cl)cc1. The number of sulfonamides is 1. The van der Waals surface area contributed by atoms with Gasteiger partial charge in [-0.2, -0.15) is 0 Å². The lowest BCUT2D eigenvalue weighted by molar-refractivity contribution is 0.539. The summed E-state index contributed by atoms with van der Waals surface area (Å²) in [5.41, 5.74) is 1.96. The van der Waals surface area contributed by atoms with Crippen molar-refractivity contribution in [3.8, 4) is 0 Å². The number of halogens is 5. The van der Waals surface area contributed by atoms with Crippen molar-refractivity contribution in [1.82, 2.24) is 4.72 Å². The standard InChI is InChI=1S/C22H18Cl5NO2S/c1-13(14-2-6-16(23)7-3-14)18(15-4-8-17(24)9-5-15)12-28-31(29,30)20-11-10-19(25)21(26)22(20)27/h2-11,13,18,28H,12H2,1H3. The second kappa shape index (κ2) is 10.3. The molecule has 0 saturated carbocycles. The molecule has 2 atom stereocenters. The molecule has 2 unspecified atom stereocenters. The number of nitrogens with one attached hydrogen (secondary N) is 1. The quantitative estimate of drug-likeness (QED) is 0.312. The van der Waals surface area contributed by atoms with Crippen LogP contribution >= 0.6 is 58.0 Å². The van der Waals surface area contributed by atoms with Crippen molar-refractivity contribution in [3.63, 3.8) is 0 Å². The van der Waals surface area contributed by atoms with E-state index in [0.717, 1.165) is 11.1 Å². The Morgan fingerprint density at radius 1 is 0.742 bits per heavy atom. The van der Waals surface area contributed by atoms with Crippen LogP contribution < -0.4 is 4.72 Å². The molecule has 164 valence electrons. The minimum atomic E-state index is -3.94. The number of hydrogen-bond donors (Lipinski definition) is 1. The first-order chi connectivity index (χ1) is 14.6. The molecule has 0 aliphatic heterocycles. The first-order valence-electron chi connectivity index (χ1n) is 9.24. The Kier molecular flexibility index (Phi) is 8.20. The fourth-order valence-corrected chi connectivity index (χ4v) is 5.57. The molecule has 0 fully saturated rings. The molecular weight excluding hydrogens is 520 g/mol. The summed E-state index contributed by atoms with van der Waals surface area (Å²) in [6.45, 7) is 2.16. The Balaban J connectivity index is 1.92. The average molecular weight is 538 g/mol. The molecular formula is C22H18Cl5NO2S. The second-order valence-corrected chi connectivity index (χ2v) is 10.8. The van der Waals surface area contributed by atoms with Gasteiger partial charge in [-0.15, -0.1) is 0 Å². The fourth-order valence-electron chi connectivity index (χ4n) is 3.28. The molecule has 3 nitrogen and oxygen atoms in total. The summed E-state index contributed by atoms with van der Waals surface area (Å²) in [6.07, 6.45) is 0. The largest absolute Gasteiger partial charge is 0.242 e. The summed E-state index contributed by atoms with van der Waals surface area (Å²) in [7, 11) is -3.94. The zero-order valence-electron chi connectivity index (χ0n) is 16.2. The summed E-state index contributed by atoms with van der Waals surface area (Å²) >= 11 is 30.2. The average Bonchev–Trinajstić information content (AvgIpc) is 2.73. The predicted molar refractivity (Wildman–Crippen MR) is 131 cm³/mol. The molecule has 1 N–H and O–H groups in total. The molecule has 9 heteroatoms. The van der Waals surface area contributed by atoms with E-state index in [1.165, 1.54) is 12.1 Å². The van der Waals surface area contributed by atoms with Crippen molar-refractivity contribution < 1.29 is 8.42 Å². The third-order valence-electron chi connectivity index (χ3n) is 5.08. The van der Waals surface area contributed by atoms with Crippen molar-refractivity contribution in [3.05, 3.63) is 96.9 Å². The van der Waals surface area contributed by atoms with E-state index in [1.54, 1.807) is 12.1 Å². The van der Waals surface area contributed by atoms with Crippen LogP contribution in [0.4, 0.5) is 0 Å². The molecule has 0 aliphatic carbocycles. The molecule has 31 heavy (non-hydrogen) atoms. The normalized spacial score (nSPS) is 13.7. The van der Waals surface area contributed by atoms with Gasteiger partial charge in [0, 0.05) is 22.5 Å². The van der Waals surface area contributed by atoms with Crippen LogP contribution in [0.3, 0.4) is 0 Å². The van der Waals surface area contributed by atoms with Gasteiger partial charge in [-0.05, 0) is 53.4 Å². The third-order valence-corrected chi connectivity index (χ3v) is 8.46. The highest BCUT2D eigenvalue weighted by Crippen LogP contribution is 2.36. The lowest BCUT2D eigenvalue weighted by Gasteiger charge is -2.26. The Labute approximate surface area is 207 Å². The number of rotatable bonds is 7. The molecule has 3 aromatic rings. The zero-order valence-corrected chi connectivity index (χ0v) is 20.8. The maximum atomic E-state index is 13.0. The number of hydrogen-bond acceptors (Lipinski definition) is 2. The zero-order chi connectivity index (χ0) is 22.8. The van der Waals surface area contributed by atoms with Crippen molar-refractivity contribution >= 4 is 68.0 Å². The van der Waals surface area contributed by atoms with Crippen LogP contribution in [0.25, 0.3) is 0 Å². The highest BCUT2D eigenvalue weighted by atomic mass is 35.5. The van der Waals surface area contributed by atoms with Gasteiger partial charge in [0.1, 0.15) is 4.90 Å². The molecule has 0 radical (unpaired) electrons. The number of benzene rings is 3. The Hall–Kier alpha value is -0.980. The van der Waals surface area contributed by atoms with Crippen molar-refractivity contribution in [2.24, 2.45) is 0 Å². The first-order valence-corrected chi connectivity index (χ1v) is 12.6. The minimum Gasteiger partial charge on any atom is -0.210 e. The van der Waals surface area contributed by atoms with Gasteiger partial charge in [0.2, 0.25) is 10.0 Å². The summed E-state index contributed by atoms with van der Waals surface area (Å²) in [5.74, 6) is -0.208. The van der Waals surface area contributed by atoms with Gasteiger partial charge in [-0.1, -0.05) is 89.2 Å². The Morgan fingerprint density at radius 2 is 1.26 bits per heavy atom. The molecule has 0 spiro atoms. The summed E-state index contributed by atoms with van der Waals surface area (Å²) in [6, 6.07) is 17.6.